The highest BCUT2D eigenvalue weighted by molar-refractivity contribution is 5.87. The van der Waals surface area contributed by atoms with Gasteiger partial charge < -0.3 is 15.0 Å². The molecule has 0 bridgehead atoms. The fourth-order valence-corrected chi connectivity index (χ4v) is 2.68. The van der Waals surface area contributed by atoms with Crippen LogP contribution in [0.2, 0.25) is 0 Å². The first kappa shape index (κ1) is 14.1. The van der Waals surface area contributed by atoms with E-state index in [4.69, 9.17) is 4.74 Å². The van der Waals surface area contributed by atoms with Gasteiger partial charge in [-0.05, 0) is 19.3 Å². The van der Waals surface area contributed by atoms with Crippen LogP contribution in [0.5, 0.6) is 0 Å². The number of H-pyrrole nitrogens is 1. The Balaban J connectivity index is 1.87. The lowest BCUT2D eigenvalue weighted by atomic mass is 10.1. The van der Waals surface area contributed by atoms with Gasteiger partial charge in [0.25, 0.3) is 0 Å². The number of hydrogen-bond acceptors (Lipinski definition) is 6. The number of piperidine rings is 1. The Morgan fingerprint density at radius 3 is 2.90 bits per heavy atom. The van der Waals surface area contributed by atoms with Crippen LogP contribution in [0.3, 0.4) is 0 Å². The van der Waals surface area contributed by atoms with Gasteiger partial charge in [-0.15, -0.1) is 0 Å². The van der Waals surface area contributed by atoms with Crippen molar-refractivity contribution in [1.82, 2.24) is 20.2 Å². The third-order valence-corrected chi connectivity index (χ3v) is 3.90. The van der Waals surface area contributed by atoms with Gasteiger partial charge in [-0.2, -0.15) is 15.1 Å². The van der Waals surface area contributed by atoms with Crippen molar-refractivity contribution in [3.8, 4) is 0 Å². The average Bonchev–Trinajstić information content (AvgIpc) is 3.00. The molecule has 21 heavy (non-hydrogen) atoms. The van der Waals surface area contributed by atoms with Crippen LogP contribution in [0, 0.1) is 0 Å². The molecule has 2 N–H and O–H groups in total. The molecule has 0 radical (unpaired) electrons. The van der Waals surface area contributed by atoms with Crippen molar-refractivity contribution in [3.63, 3.8) is 0 Å². The third-order valence-electron chi connectivity index (χ3n) is 3.90. The Morgan fingerprint density at radius 1 is 1.38 bits per heavy atom. The fourth-order valence-electron chi connectivity index (χ4n) is 2.68. The monoisotopic (exact) mass is 290 g/mol. The molecule has 2 aromatic heterocycles. The molecule has 1 saturated heterocycles. The normalized spacial score (nSPS) is 16.6. The second-order valence-electron chi connectivity index (χ2n) is 5.35. The molecule has 3 heterocycles. The average molecular weight is 290 g/mol. The highest BCUT2D eigenvalue weighted by atomic mass is 16.5. The number of anilines is 2. The lowest BCUT2D eigenvalue weighted by Gasteiger charge is -2.32. The number of aromatic nitrogens is 4. The summed E-state index contributed by atoms with van der Waals surface area (Å²) in [7, 11) is 1.78. The molecule has 114 valence electrons. The second-order valence-corrected chi connectivity index (χ2v) is 5.35. The summed E-state index contributed by atoms with van der Waals surface area (Å²) in [6.07, 6.45) is 5.26. The van der Waals surface area contributed by atoms with Gasteiger partial charge in [0, 0.05) is 26.7 Å². The van der Waals surface area contributed by atoms with Crippen molar-refractivity contribution in [2.45, 2.75) is 32.3 Å². The Kier molecular flexibility index (Phi) is 4.19. The fraction of sp³-hybridized carbons (Fsp3) is 0.643. The van der Waals surface area contributed by atoms with E-state index in [0.717, 1.165) is 55.7 Å². The van der Waals surface area contributed by atoms with Gasteiger partial charge >= 0.3 is 0 Å². The Hall–Kier alpha value is -1.89. The Labute approximate surface area is 124 Å². The Morgan fingerprint density at radius 2 is 2.19 bits per heavy atom. The second kappa shape index (κ2) is 6.26. The van der Waals surface area contributed by atoms with E-state index in [9.17, 15) is 0 Å². The number of nitrogens with one attached hydrogen (secondary N) is 2. The molecule has 3 rings (SSSR count). The van der Waals surface area contributed by atoms with E-state index in [1.165, 1.54) is 0 Å². The SMILES string of the molecule is CCCNc1nc(N2CCC(OC)CC2)c2cn[nH]c2n1. The van der Waals surface area contributed by atoms with Crippen LogP contribution in [0.4, 0.5) is 11.8 Å². The highest BCUT2D eigenvalue weighted by Crippen LogP contribution is 2.27. The van der Waals surface area contributed by atoms with Gasteiger partial charge in [-0.3, -0.25) is 5.10 Å². The van der Waals surface area contributed by atoms with E-state index in [1.807, 2.05) is 0 Å². The molecule has 0 amide bonds. The number of methoxy groups -OCH3 is 1. The number of rotatable bonds is 5. The summed E-state index contributed by atoms with van der Waals surface area (Å²) < 4.78 is 5.43. The summed E-state index contributed by atoms with van der Waals surface area (Å²) in [6.45, 7) is 4.88. The predicted molar refractivity (Wildman–Crippen MR) is 82.7 cm³/mol. The molecule has 1 aliphatic rings. The minimum Gasteiger partial charge on any atom is -0.381 e. The quantitative estimate of drug-likeness (QED) is 0.874. The van der Waals surface area contributed by atoms with Crippen LogP contribution in [0.1, 0.15) is 26.2 Å². The maximum Gasteiger partial charge on any atom is 0.226 e. The maximum atomic E-state index is 5.43. The van der Waals surface area contributed by atoms with Gasteiger partial charge in [-0.1, -0.05) is 6.92 Å². The van der Waals surface area contributed by atoms with Crippen LogP contribution in [0.25, 0.3) is 11.0 Å². The summed E-state index contributed by atoms with van der Waals surface area (Å²) in [6, 6.07) is 0. The summed E-state index contributed by atoms with van der Waals surface area (Å²) in [5.41, 5.74) is 0.785. The first-order valence-electron chi connectivity index (χ1n) is 7.54. The third kappa shape index (κ3) is 2.92. The van der Waals surface area contributed by atoms with E-state index in [0.29, 0.717) is 12.1 Å². The van der Waals surface area contributed by atoms with Gasteiger partial charge in [0.05, 0.1) is 17.7 Å². The molecular formula is C14H22N6O. The zero-order valence-corrected chi connectivity index (χ0v) is 12.6. The van der Waals surface area contributed by atoms with Crippen LogP contribution < -0.4 is 10.2 Å². The summed E-state index contributed by atoms with van der Waals surface area (Å²) in [4.78, 5) is 11.5. The van der Waals surface area contributed by atoms with Crippen molar-refractivity contribution < 1.29 is 4.74 Å². The van der Waals surface area contributed by atoms with Gasteiger partial charge in [0.2, 0.25) is 5.95 Å². The van der Waals surface area contributed by atoms with Gasteiger partial charge in [0.15, 0.2) is 5.65 Å². The topological polar surface area (TPSA) is 79.0 Å². The first-order valence-corrected chi connectivity index (χ1v) is 7.54. The number of fused-ring (bicyclic) bond motifs is 1. The zero-order chi connectivity index (χ0) is 14.7. The van der Waals surface area contributed by atoms with E-state index in [2.05, 4.69) is 37.3 Å². The molecule has 0 atom stereocenters. The minimum atomic E-state index is 0.362. The van der Waals surface area contributed by atoms with E-state index >= 15 is 0 Å². The molecule has 2 aromatic rings. The van der Waals surface area contributed by atoms with Crippen LogP contribution in [-0.4, -0.2) is 53.0 Å². The molecule has 1 fully saturated rings. The van der Waals surface area contributed by atoms with Crippen LogP contribution in [-0.2, 0) is 4.74 Å². The standard InChI is InChI=1S/C14H22N6O/c1-3-6-15-14-17-12-11(9-16-19-12)13(18-14)20-7-4-10(21-2)5-8-20/h9-10H,3-8H2,1-2H3,(H2,15,16,17,18,19). The molecule has 0 saturated carbocycles. The molecule has 1 aliphatic heterocycles. The number of nitrogens with zero attached hydrogens (tertiary/aromatic N) is 4. The van der Waals surface area contributed by atoms with Crippen LogP contribution in [0.15, 0.2) is 6.20 Å². The molecule has 0 unspecified atom stereocenters. The van der Waals surface area contributed by atoms with Crippen molar-refractivity contribution in [2.75, 3.05) is 37.0 Å². The number of ether oxygens (including phenoxy) is 1. The molecule has 0 aliphatic carbocycles. The van der Waals surface area contributed by atoms with Gasteiger partial charge in [0.1, 0.15) is 5.82 Å². The summed E-state index contributed by atoms with van der Waals surface area (Å²) >= 11 is 0. The lowest BCUT2D eigenvalue weighted by Crippen LogP contribution is -2.37. The largest absolute Gasteiger partial charge is 0.381 e. The molecule has 0 spiro atoms. The zero-order valence-electron chi connectivity index (χ0n) is 12.6. The summed E-state index contributed by atoms with van der Waals surface area (Å²) in [5, 5.41) is 11.3. The smallest absolute Gasteiger partial charge is 0.226 e. The first-order chi connectivity index (χ1) is 10.3. The van der Waals surface area contributed by atoms with Gasteiger partial charge in [-0.25, -0.2) is 0 Å². The lowest BCUT2D eigenvalue weighted by molar-refractivity contribution is 0.0818. The molecule has 7 nitrogen and oxygen atoms in total. The minimum absolute atomic E-state index is 0.362. The van der Waals surface area contributed by atoms with Crippen molar-refractivity contribution in [3.05, 3.63) is 6.20 Å². The van der Waals surface area contributed by atoms with Crippen molar-refractivity contribution in [2.24, 2.45) is 0 Å². The molecule has 0 aromatic carbocycles. The van der Waals surface area contributed by atoms with Crippen molar-refractivity contribution >= 4 is 22.8 Å². The Bertz CT molecular complexity index is 590. The highest BCUT2D eigenvalue weighted by Gasteiger charge is 2.22. The van der Waals surface area contributed by atoms with E-state index in [1.54, 1.807) is 13.3 Å². The van der Waals surface area contributed by atoms with Crippen molar-refractivity contribution in [1.29, 1.82) is 0 Å². The number of aromatic amines is 1. The molecule has 7 heteroatoms. The van der Waals surface area contributed by atoms with Crippen LogP contribution >= 0.6 is 0 Å². The molecular weight excluding hydrogens is 268 g/mol. The summed E-state index contributed by atoms with van der Waals surface area (Å²) in [5.74, 6) is 1.62. The van der Waals surface area contributed by atoms with E-state index in [-0.39, 0.29) is 0 Å². The van der Waals surface area contributed by atoms with E-state index < -0.39 is 0 Å². The maximum absolute atomic E-state index is 5.43. The number of hydrogen-bond donors (Lipinski definition) is 2. The predicted octanol–water partition coefficient (Wildman–Crippen LogP) is 1.79.